The molecule has 1 fully saturated rings. The second kappa shape index (κ2) is 6.20. The summed E-state index contributed by atoms with van der Waals surface area (Å²) < 4.78 is 2.11. The first kappa shape index (κ1) is 12.6. The van der Waals surface area contributed by atoms with Crippen molar-refractivity contribution in [2.75, 3.05) is 0 Å². The van der Waals surface area contributed by atoms with Crippen LogP contribution >= 0.6 is 0 Å². The molecular weight excluding hydrogens is 210 g/mol. The zero-order chi connectivity index (χ0) is 12.1. The fraction of sp³-hybridized carbons (Fsp3) is 0.786. The van der Waals surface area contributed by atoms with E-state index in [1.54, 1.807) is 0 Å². The second-order valence-electron chi connectivity index (χ2n) is 5.16. The smallest absolute Gasteiger partial charge is 0.0597 e. The van der Waals surface area contributed by atoms with Crippen LogP contribution in [-0.2, 0) is 13.1 Å². The topological polar surface area (TPSA) is 29.9 Å². The maximum Gasteiger partial charge on any atom is 0.0597 e. The fourth-order valence-corrected chi connectivity index (χ4v) is 2.75. The van der Waals surface area contributed by atoms with Crippen LogP contribution in [0.1, 0.15) is 56.8 Å². The van der Waals surface area contributed by atoms with Crippen LogP contribution in [0.3, 0.4) is 0 Å². The Morgan fingerprint density at radius 1 is 1.29 bits per heavy atom. The van der Waals surface area contributed by atoms with Gasteiger partial charge in [-0.25, -0.2) is 0 Å². The van der Waals surface area contributed by atoms with Crippen LogP contribution in [0, 0.1) is 6.92 Å². The summed E-state index contributed by atoms with van der Waals surface area (Å²) in [5.74, 6) is 0. The summed E-state index contributed by atoms with van der Waals surface area (Å²) in [4.78, 5) is 0. The number of hydrogen-bond acceptors (Lipinski definition) is 2. The van der Waals surface area contributed by atoms with Crippen LogP contribution in [0.4, 0.5) is 0 Å². The molecule has 0 bridgehead atoms. The predicted octanol–water partition coefficient (Wildman–Crippen LogP) is 3.02. The van der Waals surface area contributed by atoms with E-state index in [0.717, 1.165) is 24.8 Å². The fourth-order valence-electron chi connectivity index (χ4n) is 2.75. The van der Waals surface area contributed by atoms with Gasteiger partial charge in [-0.05, 0) is 32.8 Å². The summed E-state index contributed by atoms with van der Waals surface area (Å²) in [6, 6.07) is 2.92. The number of nitrogens with zero attached hydrogens (tertiary/aromatic N) is 2. The molecular formula is C14H25N3. The minimum Gasteiger partial charge on any atom is -0.308 e. The van der Waals surface area contributed by atoms with E-state index in [9.17, 15) is 0 Å². The average molecular weight is 235 g/mol. The van der Waals surface area contributed by atoms with Crippen molar-refractivity contribution in [1.82, 2.24) is 15.1 Å². The van der Waals surface area contributed by atoms with Gasteiger partial charge in [-0.2, -0.15) is 5.10 Å². The van der Waals surface area contributed by atoms with Gasteiger partial charge in [-0.3, -0.25) is 4.68 Å². The summed E-state index contributed by atoms with van der Waals surface area (Å²) in [5.41, 5.74) is 2.46. The Morgan fingerprint density at radius 3 is 2.65 bits per heavy atom. The first-order valence-corrected chi connectivity index (χ1v) is 7.06. The molecule has 1 saturated carbocycles. The lowest BCUT2D eigenvalue weighted by atomic mass is 10.1. The largest absolute Gasteiger partial charge is 0.308 e. The Labute approximate surface area is 105 Å². The average Bonchev–Trinajstić information content (AvgIpc) is 2.54. The van der Waals surface area contributed by atoms with Gasteiger partial charge in [0.25, 0.3) is 0 Å². The Morgan fingerprint density at radius 2 is 2.00 bits per heavy atom. The van der Waals surface area contributed by atoms with E-state index < -0.39 is 0 Å². The molecule has 0 aromatic carbocycles. The summed E-state index contributed by atoms with van der Waals surface area (Å²) in [6.45, 7) is 6.16. The van der Waals surface area contributed by atoms with Gasteiger partial charge in [0.05, 0.1) is 11.4 Å². The third-order valence-corrected chi connectivity index (χ3v) is 3.71. The Bertz CT molecular complexity index is 335. The lowest BCUT2D eigenvalue weighted by molar-refractivity contribution is 0.446. The van der Waals surface area contributed by atoms with E-state index in [4.69, 9.17) is 0 Å². The summed E-state index contributed by atoms with van der Waals surface area (Å²) in [7, 11) is 0. The van der Waals surface area contributed by atoms with Crippen molar-refractivity contribution in [1.29, 1.82) is 0 Å². The second-order valence-corrected chi connectivity index (χ2v) is 5.16. The van der Waals surface area contributed by atoms with Gasteiger partial charge in [0, 0.05) is 19.1 Å². The molecule has 0 amide bonds. The molecule has 1 heterocycles. The molecule has 0 atom stereocenters. The van der Waals surface area contributed by atoms with Crippen molar-refractivity contribution in [2.45, 2.75) is 71.5 Å². The normalized spacial score (nSPS) is 18.2. The summed E-state index contributed by atoms with van der Waals surface area (Å²) >= 11 is 0. The molecule has 1 aliphatic carbocycles. The molecule has 0 spiro atoms. The Kier molecular flexibility index (Phi) is 4.60. The third-order valence-electron chi connectivity index (χ3n) is 3.71. The van der Waals surface area contributed by atoms with Crippen LogP contribution in [0.5, 0.6) is 0 Å². The highest BCUT2D eigenvalue weighted by Crippen LogP contribution is 2.17. The Hall–Kier alpha value is -0.830. The zero-order valence-electron chi connectivity index (χ0n) is 11.2. The van der Waals surface area contributed by atoms with Crippen molar-refractivity contribution in [3.05, 3.63) is 17.5 Å². The molecule has 96 valence electrons. The number of aryl methyl sites for hydroxylation is 2. The van der Waals surface area contributed by atoms with Crippen LogP contribution in [-0.4, -0.2) is 15.8 Å². The molecule has 0 unspecified atom stereocenters. The summed E-state index contributed by atoms with van der Waals surface area (Å²) in [6.07, 6.45) is 8.32. The molecule has 1 aromatic rings. The highest BCUT2D eigenvalue weighted by molar-refractivity contribution is 5.08. The lowest BCUT2D eigenvalue weighted by Crippen LogP contribution is -2.28. The van der Waals surface area contributed by atoms with Gasteiger partial charge >= 0.3 is 0 Å². The number of hydrogen-bond donors (Lipinski definition) is 1. The van der Waals surface area contributed by atoms with Gasteiger partial charge in [0.2, 0.25) is 0 Å². The van der Waals surface area contributed by atoms with Crippen molar-refractivity contribution in [3.8, 4) is 0 Å². The SMILES string of the molecule is CCn1nc(C)cc1CNC1CCCCCC1. The van der Waals surface area contributed by atoms with E-state index in [0.29, 0.717) is 0 Å². The standard InChI is InChI=1S/C14H25N3/c1-3-17-14(10-12(2)16-17)11-15-13-8-6-4-5-7-9-13/h10,13,15H,3-9,11H2,1-2H3. The first-order chi connectivity index (χ1) is 8.29. The van der Waals surface area contributed by atoms with Crippen LogP contribution in [0.15, 0.2) is 6.07 Å². The van der Waals surface area contributed by atoms with Crippen LogP contribution in [0.25, 0.3) is 0 Å². The number of nitrogens with one attached hydrogen (secondary N) is 1. The number of aromatic nitrogens is 2. The lowest BCUT2D eigenvalue weighted by Gasteiger charge is -2.16. The minimum absolute atomic E-state index is 0.720. The van der Waals surface area contributed by atoms with E-state index in [2.05, 4.69) is 35.0 Å². The molecule has 0 radical (unpaired) electrons. The van der Waals surface area contributed by atoms with Gasteiger partial charge in [-0.15, -0.1) is 0 Å². The third kappa shape index (κ3) is 3.56. The molecule has 0 aliphatic heterocycles. The molecule has 1 N–H and O–H groups in total. The highest BCUT2D eigenvalue weighted by Gasteiger charge is 2.12. The monoisotopic (exact) mass is 235 g/mol. The number of rotatable bonds is 4. The maximum absolute atomic E-state index is 4.49. The van der Waals surface area contributed by atoms with Gasteiger partial charge in [0.15, 0.2) is 0 Å². The van der Waals surface area contributed by atoms with Crippen LogP contribution in [0.2, 0.25) is 0 Å². The van der Waals surface area contributed by atoms with Crippen LogP contribution < -0.4 is 5.32 Å². The van der Waals surface area contributed by atoms with Crippen molar-refractivity contribution in [2.24, 2.45) is 0 Å². The van der Waals surface area contributed by atoms with E-state index in [1.165, 1.54) is 44.2 Å². The maximum atomic E-state index is 4.49. The van der Waals surface area contributed by atoms with Gasteiger partial charge < -0.3 is 5.32 Å². The van der Waals surface area contributed by atoms with E-state index in [1.807, 2.05) is 0 Å². The minimum atomic E-state index is 0.720. The van der Waals surface area contributed by atoms with Crippen molar-refractivity contribution in [3.63, 3.8) is 0 Å². The molecule has 17 heavy (non-hydrogen) atoms. The van der Waals surface area contributed by atoms with E-state index in [-0.39, 0.29) is 0 Å². The van der Waals surface area contributed by atoms with E-state index >= 15 is 0 Å². The molecule has 0 saturated heterocycles. The first-order valence-electron chi connectivity index (χ1n) is 7.06. The molecule has 3 heteroatoms. The van der Waals surface area contributed by atoms with Gasteiger partial charge in [-0.1, -0.05) is 25.7 Å². The Balaban J connectivity index is 1.87. The molecule has 1 aromatic heterocycles. The predicted molar refractivity (Wildman–Crippen MR) is 71.0 cm³/mol. The molecule has 2 rings (SSSR count). The molecule has 1 aliphatic rings. The van der Waals surface area contributed by atoms with Crippen molar-refractivity contribution >= 4 is 0 Å². The van der Waals surface area contributed by atoms with Gasteiger partial charge in [0.1, 0.15) is 0 Å². The summed E-state index contributed by atoms with van der Waals surface area (Å²) in [5, 5.41) is 8.19. The highest BCUT2D eigenvalue weighted by atomic mass is 15.3. The van der Waals surface area contributed by atoms with Crippen molar-refractivity contribution < 1.29 is 0 Å². The zero-order valence-corrected chi connectivity index (χ0v) is 11.2. The molecule has 3 nitrogen and oxygen atoms in total. The quantitative estimate of drug-likeness (QED) is 0.813.